The van der Waals surface area contributed by atoms with E-state index in [9.17, 15) is 9.59 Å². The lowest BCUT2D eigenvalue weighted by atomic mass is 10.0. The molecule has 9 heteroatoms. The molecule has 0 atom stereocenters. The molecule has 0 spiro atoms. The molecule has 3 aromatic rings. The van der Waals surface area contributed by atoms with Gasteiger partial charge < -0.3 is 15.0 Å². The number of ketones is 1. The van der Waals surface area contributed by atoms with Crippen molar-refractivity contribution >= 4 is 23.1 Å². The molecule has 0 radical (unpaired) electrons. The van der Waals surface area contributed by atoms with Crippen molar-refractivity contribution in [1.29, 1.82) is 0 Å². The Kier molecular flexibility index (Phi) is 5.53. The fourth-order valence-corrected chi connectivity index (χ4v) is 3.93. The normalized spacial score (nSPS) is 15.2. The van der Waals surface area contributed by atoms with E-state index in [4.69, 9.17) is 4.74 Å². The summed E-state index contributed by atoms with van der Waals surface area (Å²) in [6.07, 6.45) is 6.28. The quantitative estimate of drug-likeness (QED) is 0.531. The number of ether oxygens (including phenoxy) is 1. The average Bonchev–Trinajstić information content (AvgIpc) is 3.52. The molecule has 170 valence electrons. The van der Waals surface area contributed by atoms with E-state index in [-0.39, 0.29) is 24.0 Å². The number of para-hydroxylation sites is 1. The monoisotopic (exact) mass is 446 g/mol. The number of aromatic nitrogens is 4. The molecule has 9 nitrogen and oxygen atoms in total. The third-order valence-corrected chi connectivity index (χ3v) is 6.04. The standard InChI is InChI=1S/C24H26N6O3/c1-29-14-26-24(28-29)17-5-3-6-19(23(17)33-2)27-20-11-16(12-21(31)30-9-4-10-30)25-13-18(20)22(32)15-7-8-15/h3,5-6,11,13-15H,4,7-10,12H2,1-2H3,(H,25,27). The molecule has 2 aliphatic rings. The molecule has 1 aliphatic carbocycles. The molecule has 2 fully saturated rings. The summed E-state index contributed by atoms with van der Waals surface area (Å²) in [4.78, 5) is 36.0. The van der Waals surface area contributed by atoms with Gasteiger partial charge in [-0.25, -0.2) is 4.98 Å². The second-order valence-corrected chi connectivity index (χ2v) is 8.52. The van der Waals surface area contributed by atoms with Gasteiger partial charge in [-0.2, -0.15) is 5.10 Å². The Morgan fingerprint density at radius 3 is 2.64 bits per heavy atom. The number of carbonyl (C=O) groups is 2. The number of anilines is 2. The van der Waals surface area contributed by atoms with Gasteiger partial charge in [0.05, 0.1) is 41.7 Å². The van der Waals surface area contributed by atoms with E-state index in [2.05, 4.69) is 20.4 Å². The van der Waals surface area contributed by atoms with Crippen LogP contribution in [0, 0.1) is 5.92 Å². The van der Waals surface area contributed by atoms with Crippen LogP contribution in [-0.2, 0) is 18.3 Å². The zero-order chi connectivity index (χ0) is 22.9. The van der Waals surface area contributed by atoms with Crippen molar-refractivity contribution in [3.05, 3.63) is 48.0 Å². The number of aryl methyl sites for hydroxylation is 1. The molecule has 1 saturated heterocycles. The minimum absolute atomic E-state index is 0.0480. The highest BCUT2D eigenvalue weighted by atomic mass is 16.5. The van der Waals surface area contributed by atoms with E-state index < -0.39 is 0 Å². The van der Waals surface area contributed by atoms with Crippen molar-refractivity contribution in [2.45, 2.75) is 25.7 Å². The Morgan fingerprint density at radius 2 is 2.00 bits per heavy atom. The molecule has 1 saturated carbocycles. The number of methoxy groups -OCH3 is 1. The fraction of sp³-hybridized carbons (Fsp3) is 0.375. The van der Waals surface area contributed by atoms with Gasteiger partial charge in [0.1, 0.15) is 6.33 Å². The first-order valence-electron chi connectivity index (χ1n) is 11.1. The Balaban J connectivity index is 1.50. The largest absolute Gasteiger partial charge is 0.494 e. The molecule has 1 aromatic carbocycles. The second-order valence-electron chi connectivity index (χ2n) is 8.52. The van der Waals surface area contributed by atoms with Crippen LogP contribution in [-0.4, -0.2) is 56.5 Å². The predicted molar refractivity (Wildman–Crippen MR) is 122 cm³/mol. The molecule has 0 bridgehead atoms. The molecular weight excluding hydrogens is 420 g/mol. The number of nitrogens with one attached hydrogen (secondary N) is 1. The number of amides is 1. The van der Waals surface area contributed by atoms with Crippen LogP contribution >= 0.6 is 0 Å². The van der Waals surface area contributed by atoms with Crippen molar-refractivity contribution in [1.82, 2.24) is 24.6 Å². The molecular formula is C24H26N6O3. The summed E-state index contributed by atoms with van der Waals surface area (Å²) in [7, 11) is 3.40. The molecule has 33 heavy (non-hydrogen) atoms. The third-order valence-electron chi connectivity index (χ3n) is 6.04. The number of hydrogen-bond donors (Lipinski definition) is 1. The lowest BCUT2D eigenvalue weighted by Crippen LogP contribution is -2.42. The van der Waals surface area contributed by atoms with Gasteiger partial charge in [-0.1, -0.05) is 6.07 Å². The lowest BCUT2D eigenvalue weighted by molar-refractivity contribution is -0.133. The maximum absolute atomic E-state index is 13.0. The van der Waals surface area contributed by atoms with Gasteiger partial charge in [0, 0.05) is 32.3 Å². The number of hydrogen-bond acceptors (Lipinski definition) is 7. The van der Waals surface area contributed by atoms with Crippen LogP contribution in [0.4, 0.5) is 11.4 Å². The van der Waals surface area contributed by atoms with Crippen molar-refractivity contribution in [3.63, 3.8) is 0 Å². The minimum atomic E-state index is 0.0480. The van der Waals surface area contributed by atoms with Crippen molar-refractivity contribution in [3.8, 4) is 17.1 Å². The zero-order valence-electron chi connectivity index (χ0n) is 18.7. The van der Waals surface area contributed by atoms with E-state index in [1.54, 1.807) is 37.4 Å². The van der Waals surface area contributed by atoms with Crippen LogP contribution in [0.5, 0.6) is 5.75 Å². The van der Waals surface area contributed by atoms with Crippen LogP contribution in [0.25, 0.3) is 11.4 Å². The molecule has 2 aromatic heterocycles. The lowest BCUT2D eigenvalue weighted by Gasteiger charge is -2.30. The number of Topliss-reactive ketones (excluding diaryl/α,β-unsaturated/α-hetero) is 1. The van der Waals surface area contributed by atoms with E-state index in [0.717, 1.165) is 37.9 Å². The van der Waals surface area contributed by atoms with E-state index in [1.807, 2.05) is 23.1 Å². The number of nitrogens with zero attached hydrogens (tertiary/aromatic N) is 5. The summed E-state index contributed by atoms with van der Waals surface area (Å²) >= 11 is 0. The SMILES string of the molecule is COc1c(Nc2cc(CC(=O)N3CCC3)ncc2C(=O)C2CC2)cccc1-c1ncn(C)n1. The van der Waals surface area contributed by atoms with Crippen molar-refractivity contribution < 1.29 is 14.3 Å². The summed E-state index contributed by atoms with van der Waals surface area (Å²) in [5, 5.41) is 7.75. The molecule has 1 amide bonds. The summed E-state index contributed by atoms with van der Waals surface area (Å²) in [5.41, 5.74) is 3.20. The number of carbonyl (C=O) groups excluding carboxylic acids is 2. The molecule has 5 rings (SSSR count). The second kappa shape index (κ2) is 8.65. The van der Waals surface area contributed by atoms with Crippen molar-refractivity contribution in [2.75, 3.05) is 25.5 Å². The fourth-order valence-electron chi connectivity index (χ4n) is 3.93. The Bertz CT molecular complexity index is 1210. The summed E-state index contributed by atoms with van der Waals surface area (Å²) < 4.78 is 7.34. The maximum Gasteiger partial charge on any atom is 0.228 e. The molecule has 1 N–H and O–H groups in total. The Labute approximate surface area is 191 Å². The van der Waals surface area contributed by atoms with Crippen LogP contribution in [0.1, 0.15) is 35.3 Å². The van der Waals surface area contributed by atoms with Crippen LogP contribution < -0.4 is 10.1 Å². The number of pyridine rings is 1. The number of rotatable bonds is 8. The smallest absolute Gasteiger partial charge is 0.228 e. The van der Waals surface area contributed by atoms with E-state index in [1.165, 1.54) is 0 Å². The van der Waals surface area contributed by atoms with E-state index >= 15 is 0 Å². The van der Waals surface area contributed by atoms with Crippen LogP contribution in [0.2, 0.25) is 0 Å². The molecule has 1 aliphatic heterocycles. The highest BCUT2D eigenvalue weighted by molar-refractivity contribution is 6.04. The van der Waals surface area contributed by atoms with Gasteiger partial charge in [0.2, 0.25) is 5.91 Å². The first-order valence-corrected chi connectivity index (χ1v) is 11.1. The number of benzene rings is 1. The Hall–Kier alpha value is -3.75. The van der Waals surface area contributed by atoms with Gasteiger partial charge in [0.25, 0.3) is 0 Å². The van der Waals surface area contributed by atoms with Crippen LogP contribution in [0.3, 0.4) is 0 Å². The minimum Gasteiger partial charge on any atom is -0.494 e. The average molecular weight is 447 g/mol. The molecule has 3 heterocycles. The highest BCUT2D eigenvalue weighted by Crippen LogP contribution is 2.39. The van der Waals surface area contributed by atoms with Gasteiger partial charge in [-0.05, 0) is 37.5 Å². The summed E-state index contributed by atoms with van der Waals surface area (Å²) in [6, 6.07) is 7.45. The van der Waals surface area contributed by atoms with Crippen LogP contribution in [0.15, 0.2) is 36.8 Å². The maximum atomic E-state index is 13.0. The third kappa shape index (κ3) is 4.30. The zero-order valence-corrected chi connectivity index (χ0v) is 18.7. The first kappa shape index (κ1) is 21.1. The highest BCUT2D eigenvalue weighted by Gasteiger charge is 2.32. The summed E-state index contributed by atoms with van der Waals surface area (Å²) in [6.45, 7) is 1.60. The van der Waals surface area contributed by atoms with Gasteiger partial charge in [-0.3, -0.25) is 19.3 Å². The van der Waals surface area contributed by atoms with Gasteiger partial charge in [0.15, 0.2) is 17.4 Å². The topological polar surface area (TPSA) is 102 Å². The number of likely N-dealkylation sites (tertiary alicyclic amines) is 1. The van der Waals surface area contributed by atoms with E-state index in [0.29, 0.717) is 34.2 Å². The first-order chi connectivity index (χ1) is 16.0. The van der Waals surface area contributed by atoms with Gasteiger partial charge in [-0.15, -0.1) is 0 Å². The van der Waals surface area contributed by atoms with Crippen molar-refractivity contribution in [2.24, 2.45) is 13.0 Å². The van der Waals surface area contributed by atoms with Gasteiger partial charge >= 0.3 is 0 Å². The Morgan fingerprint density at radius 1 is 1.18 bits per heavy atom. The molecule has 0 unspecified atom stereocenters. The summed E-state index contributed by atoms with van der Waals surface area (Å²) in [5.74, 6) is 1.30. The predicted octanol–water partition coefficient (Wildman–Crippen LogP) is 3.00.